The van der Waals surface area contributed by atoms with Gasteiger partial charge in [-0.2, -0.15) is 0 Å². The van der Waals surface area contributed by atoms with Crippen molar-refractivity contribution < 1.29 is 9.53 Å². The molecule has 0 aliphatic carbocycles. The fourth-order valence-corrected chi connectivity index (χ4v) is 2.29. The van der Waals surface area contributed by atoms with E-state index in [-0.39, 0.29) is 6.09 Å². The van der Waals surface area contributed by atoms with Crippen molar-refractivity contribution in [3.8, 4) is 0 Å². The average molecular weight is 306 g/mol. The van der Waals surface area contributed by atoms with Crippen LogP contribution in [0.15, 0.2) is 12.4 Å². The molecule has 0 saturated carbocycles. The van der Waals surface area contributed by atoms with Gasteiger partial charge in [-0.25, -0.2) is 14.8 Å². The van der Waals surface area contributed by atoms with Gasteiger partial charge in [0.25, 0.3) is 0 Å². The third kappa shape index (κ3) is 4.32. The second-order valence-electron chi connectivity index (χ2n) is 6.91. The van der Waals surface area contributed by atoms with Gasteiger partial charge in [0.2, 0.25) is 0 Å². The fraction of sp³-hybridized carbons (Fsp3) is 0.688. The molecule has 1 saturated heterocycles. The lowest BCUT2D eigenvalue weighted by molar-refractivity contribution is 0.0240. The zero-order chi connectivity index (χ0) is 16.3. The van der Waals surface area contributed by atoms with Crippen LogP contribution in [0.25, 0.3) is 0 Å². The Morgan fingerprint density at radius 3 is 2.36 bits per heavy atom. The number of nitrogens with zero attached hydrogens (tertiary/aromatic N) is 4. The number of hydrogen-bond acceptors (Lipinski definition) is 5. The lowest BCUT2D eigenvalue weighted by atomic mass is 10.1. The molecule has 0 unspecified atom stereocenters. The minimum absolute atomic E-state index is 0.238. The molecule has 0 radical (unpaired) electrons. The van der Waals surface area contributed by atoms with Gasteiger partial charge < -0.3 is 14.5 Å². The minimum Gasteiger partial charge on any atom is -0.444 e. The highest BCUT2D eigenvalue weighted by atomic mass is 16.6. The second-order valence-corrected chi connectivity index (χ2v) is 6.91. The summed E-state index contributed by atoms with van der Waals surface area (Å²) in [6.07, 6.45) is 1.38. The predicted octanol–water partition coefficient (Wildman–Crippen LogP) is 2.66. The van der Waals surface area contributed by atoms with Crippen LogP contribution in [0.2, 0.25) is 0 Å². The van der Waals surface area contributed by atoms with Crippen molar-refractivity contribution in [2.75, 3.05) is 31.1 Å². The average Bonchev–Trinajstić information content (AvgIpc) is 2.46. The van der Waals surface area contributed by atoms with Crippen LogP contribution < -0.4 is 4.90 Å². The maximum absolute atomic E-state index is 12.1. The normalized spacial score (nSPS) is 16.1. The van der Waals surface area contributed by atoms with Crippen molar-refractivity contribution in [1.82, 2.24) is 14.9 Å². The summed E-state index contributed by atoms with van der Waals surface area (Å²) in [7, 11) is 0. The highest BCUT2D eigenvalue weighted by molar-refractivity contribution is 5.68. The van der Waals surface area contributed by atoms with Gasteiger partial charge in [-0.15, -0.1) is 0 Å². The zero-order valence-corrected chi connectivity index (χ0v) is 14.2. The molecule has 1 fully saturated rings. The maximum atomic E-state index is 12.1. The number of hydrogen-bond donors (Lipinski definition) is 0. The fourth-order valence-electron chi connectivity index (χ4n) is 2.29. The Hall–Kier alpha value is -1.85. The summed E-state index contributed by atoms with van der Waals surface area (Å²) in [4.78, 5) is 24.7. The highest BCUT2D eigenvalue weighted by Crippen LogP contribution is 2.19. The van der Waals surface area contributed by atoms with E-state index in [1.54, 1.807) is 11.2 Å². The van der Waals surface area contributed by atoms with E-state index in [1.807, 2.05) is 26.8 Å². The van der Waals surface area contributed by atoms with Crippen molar-refractivity contribution in [2.24, 2.45) is 0 Å². The van der Waals surface area contributed by atoms with Crippen LogP contribution in [0.5, 0.6) is 0 Å². The van der Waals surface area contributed by atoms with Gasteiger partial charge in [-0.3, -0.25) is 0 Å². The van der Waals surface area contributed by atoms with Gasteiger partial charge in [0.15, 0.2) is 0 Å². The summed E-state index contributed by atoms with van der Waals surface area (Å²) in [5, 5.41) is 0. The topological polar surface area (TPSA) is 58.6 Å². The van der Waals surface area contributed by atoms with Gasteiger partial charge >= 0.3 is 6.09 Å². The van der Waals surface area contributed by atoms with Gasteiger partial charge in [-0.1, -0.05) is 13.8 Å². The van der Waals surface area contributed by atoms with Crippen LogP contribution in [0, 0.1) is 0 Å². The maximum Gasteiger partial charge on any atom is 0.410 e. The van der Waals surface area contributed by atoms with Gasteiger partial charge in [0.05, 0.1) is 0 Å². The van der Waals surface area contributed by atoms with Crippen LogP contribution >= 0.6 is 0 Å². The number of carbonyl (C=O) groups excluding carboxylic acids is 1. The quantitative estimate of drug-likeness (QED) is 0.840. The molecular weight excluding hydrogens is 280 g/mol. The first-order valence-electron chi connectivity index (χ1n) is 7.81. The molecule has 122 valence electrons. The molecule has 1 aliphatic heterocycles. The molecule has 0 atom stereocenters. The molecule has 22 heavy (non-hydrogen) atoms. The number of carbonyl (C=O) groups is 1. The Morgan fingerprint density at radius 1 is 1.18 bits per heavy atom. The molecule has 2 rings (SSSR count). The summed E-state index contributed by atoms with van der Waals surface area (Å²) >= 11 is 0. The molecular formula is C16H26N4O2. The number of rotatable bonds is 2. The van der Waals surface area contributed by atoms with E-state index in [2.05, 4.69) is 28.7 Å². The largest absolute Gasteiger partial charge is 0.444 e. The van der Waals surface area contributed by atoms with Crippen molar-refractivity contribution in [2.45, 2.75) is 46.1 Å². The second kappa shape index (κ2) is 6.50. The van der Waals surface area contributed by atoms with Crippen molar-refractivity contribution in [3.63, 3.8) is 0 Å². The Morgan fingerprint density at radius 2 is 1.82 bits per heavy atom. The van der Waals surface area contributed by atoms with Gasteiger partial charge in [0.1, 0.15) is 17.7 Å². The first-order valence-corrected chi connectivity index (χ1v) is 7.81. The molecule has 1 aliphatic rings. The minimum atomic E-state index is -0.451. The van der Waals surface area contributed by atoms with E-state index < -0.39 is 5.60 Å². The Balaban J connectivity index is 1.95. The van der Waals surface area contributed by atoms with Crippen LogP contribution in [-0.2, 0) is 4.74 Å². The van der Waals surface area contributed by atoms with Gasteiger partial charge in [0, 0.05) is 37.9 Å². The summed E-state index contributed by atoms with van der Waals surface area (Å²) in [6, 6.07) is 2.04. The monoisotopic (exact) mass is 306 g/mol. The number of ether oxygens (including phenoxy) is 1. The third-order valence-corrected chi connectivity index (χ3v) is 3.52. The van der Waals surface area contributed by atoms with Crippen molar-refractivity contribution in [3.05, 3.63) is 18.1 Å². The van der Waals surface area contributed by atoms with Crippen LogP contribution in [0.3, 0.4) is 0 Å². The summed E-state index contributed by atoms with van der Waals surface area (Å²) < 4.78 is 5.41. The Bertz CT molecular complexity index is 517. The van der Waals surface area contributed by atoms with Crippen LogP contribution in [-0.4, -0.2) is 52.7 Å². The molecule has 2 heterocycles. The molecule has 1 aromatic rings. The van der Waals surface area contributed by atoms with Gasteiger partial charge in [-0.05, 0) is 26.7 Å². The summed E-state index contributed by atoms with van der Waals surface area (Å²) in [6.45, 7) is 12.7. The van der Waals surface area contributed by atoms with E-state index in [0.29, 0.717) is 19.0 Å². The Kier molecular flexibility index (Phi) is 4.88. The lowest BCUT2D eigenvalue weighted by Crippen LogP contribution is -2.50. The van der Waals surface area contributed by atoms with E-state index in [0.717, 1.165) is 24.6 Å². The first kappa shape index (κ1) is 16.5. The first-order chi connectivity index (χ1) is 10.3. The zero-order valence-electron chi connectivity index (χ0n) is 14.2. The molecule has 6 heteroatoms. The molecule has 0 bridgehead atoms. The number of aromatic nitrogens is 2. The van der Waals surface area contributed by atoms with Crippen molar-refractivity contribution >= 4 is 11.9 Å². The summed E-state index contributed by atoms with van der Waals surface area (Å²) in [5.41, 5.74) is 0.590. The van der Waals surface area contributed by atoms with E-state index in [9.17, 15) is 4.79 Å². The van der Waals surface area contributed by atoms with E-state index >= 15 is 0 Å². The standard InChI is InChI=1S/C16H26N4O2/c1-12(2)13-10-14(18-11-17-13)19-6-8-20(9-7-19)15(21)22-16(3,4)5/h10-12H,6-9H2,1-5H3. The molecule has 6 nitrogen and oxygen atoms in total. The molecule has 0 spiro atoms. The third-order valence-electron chi connectivity index (χ3n) is 3.52. The van der Waals surface area contributed by atoms with E-state index in [4.69, 9.17) is 4.74 Å². The molecule has 0 aromatic carbocycles. The van der Waals surface area contributed by atoms with Crippen molar-refractivity contribution in [1.29, 1.82) is 0 Å². The predicted molar refractivity (Wildman–Crippen MR) is 86.1 cm³/mol. The summed E-state index contributed by atoms with van der Waals surface area (Å²) in [5.74, 6) is 1.31. The Labute approximate surface area is 132 Å². The highest BCUT2D eigenvalue weighted by Gasteiger charge is 2.26. The number of amides is 1. The smallest absolute Gasteiger partial charge is 0.410 e. The van der Waals surface area contributed by atoms with Crippen LogP contribution in [0.4, 0.5) is 10.6 Å². The number of piperazine rings is 1. The molecule has 1 aromatic heterocycles. The SMILES string of the molecule is CC(C)c1cc(N2CCN(C(=O)OC(C)(C)C)CC2)ncn1. The molecule has 1 amide bonds. The van der Waals surface area contributed by atoms with E-state index in [1.165, 1.54) is 0 Å². The lowest BCUT2D eigenvalue weighted by Gasteiger charge is -2.36. The number of anilines is 1. The molecule has 0 N–H and O–H groups in total. The van der Waals surface area contributed by atoms with Crippen LogP contribution in [0.1, 0.15) is 46.2 Å².